The molecule has 0 fully saturated rings. The third kappa shape index (κ3) is 2.81. The van der Waals surface area contributed by atoms with Crippen molar-refractivity contribution in [3.8, 4) is 0 Å². The molecule has 1 unspecified atom stereocenters. The summed E-state index contributed by atoms with van der Waals surface area (Å²) in [4.78, 5) is 12.8. The van der Waals surface area contributed by atoms with E-state index in [0.717, 1.165) is 6.54 Å². The van der Waals surface area contributed by atoms with Gasteiger partial charge in [0, 0.05) is 6.04 Å². The topological polar surface area (TPSA) is 40.5 Å². The van der Waals surface area contributed by atoms with Gasteiger partial charge >= 0.3 is 5.97 Å². The molecular weight excluding hydrogens is 154 g/mol. The molecule has 0 bridgehead atoms. The number of nitrogens with zero attached hydrogens (tertiary/aromatic N) is 1. The van der Waals surface area contributed by atoms with E-state index in [-0.39, 0.29) is 6.04 Å². The van der Waals surface area contributed by atoms with E-state index >= 15 is 0 Å². The van der Waals surface area contributed by atoms with Crippen molar-refractivity contribution in [3.05, 3.63) is 0 Å². The van der Waals surface area contributed by atoms with Gasteiger partial charge in [-0.2, -0.15) is 0 Å². The molecule has 1 N–H and O–H groups in total. The van der Waals surface area contributed by atoms with Gasteiger partial charge in [0.05, 0.1) is 0 Å². The van der Waals surface area contributed by atoms with Crippen LogP contribution < -0.4 is 0 Å². The Balaban J connectivity index is 4.33. The van der Waals surface area contributed by atoms with Crippen LogP contribution in [0.1, 0.15) is 34.1 Å². The Hall–Kier alpha value is -0.570. The molecule has 0 aromatic rings. The summed E-state index contributed by atoms with van der Waals surface area (Å²) in [5, 5.41) is 8.88. The van der Waals surface area contributed by atoms with Crippen LogP contribution in [0, 0.1) is 0 Å². The summed E-state index contributed by atoms with van der Waals surface area (Å²) in [6, 6.07) is -0.0222. The number of carbonyl (C=O) groups is 1. The molecule has 72 valence electrons. The maximum Gasteiger partial charge on any atom is 0.320 e. The maximum absolute atomic E-state index is 10.8. The van der Waals surface area contributed by atoms with Crippen LogP contribution in [0.25, 0.3) is 0 Å². The third-order valence-corrected chi connectivity index (χ3v) is 2.10. The summed E-state index contributed by atoms with van der Waals surface area (Å²) in [5.41, 5.74) is 0. The standard InChI is InChI=1S/C9H19NO2/c1-5-8(9(11)12)10(6-2)7(3)4/h7-8H,5-6H2,1-4H3,(H,11,12). The molecule has 0 amide bonds. The zero-order chi connectivity index (χ0) is 9.72. The minimum atomic E-state index is -0.715. The number of aliphatic carboxylic acids is 1. The number of rotatable bonds is 5. The van der Waals surface area contributed by atoms with Gasteiger partial charge in [0.2, 0.25) is 0 Å². The highest BCUT2D eigenvalue weighted by Crippen LogP contribution is 2.08. The van der Waals surface area contributed by atoms with Crippen molar-refractivity contribution in [2.75, 3.05) is 6.54 Å². The first kappa shape index (κ1) is 11.4. The zero-order valence-electron chi connectivity index (χ0n) is 8.37. The summed E-state index contributed by atoms with van der Waals surface area (Å²) in [5.74, 6) is -0.715. The first-order valence-corrected chi connectivity index (χ1v) is 4.53. The second-order valence-corrected chi connectivity index (χ2v) is 3.19. The van der Waals surface area contributed by atoms with Gasteiger partial charge in [-0.1, -0.05) is 13.8 Å². The first-order chi connectivity index (χ1) is 5.54. The van der Waals surface area contributed by atoms with Crippen LogP contribution in [0.5, 0.6) is 0 Å². The number of likely N-dealkylation sites (N-methyl/N-ethyl adjacent to an activating group) is 1. The Morgan fingerprint density at radius 1 is 1.42 bits per heavy atom. The molecule has 0 rings (SSSR count). The van der Waals surface area contributed by atoms with E-state index in [2.05, 4.69) is 0 Å². The van der Waals surface area contributed by atoms with Gasteiger partial charge in [-0.05, 0) is 26.8 Å². The molecule has 0 aromatic heterocycles. The van der Waals surface area contributed by atoms with Gasteiger partial charge < -0.3 is 5.11 Å². The summed E-state index contributed by atoms with van der Waals surface area (Å²) < 4.78 is 0. The molecule has 0 radical (unpaired) electrons. The molecule has 0 spiro atoms. The normalized spacial score (nSPS) is 13.8. The number of carboxylic acid groups (broad SMARTS) is 1. The van der Waals surface area contributed by atoms with E-state index in [4.69, 9.17) is 5.11 Å². The Labute approximate surface area is 74.4 Å². The molecule has 3 heteroatoms. The van der Waals surface area contributed by atoms with Crippen molar-refractivity contribution in [3.63, 3.8) is 0 Å². The number of carboxylic acids is 1. The second-order valence-electron chi connectivity index (χ2n) is 3.19. The van der Waals surface area contributed by atoms with Crippen molar-refractivity contribution in [1.82, 2.24) is 4.90 Å². The van der Waals surface area contributed by atoms with Crippen LogP contribution in [0.3, 0.4) is 0 Å². The van der Waals surface area contributed by atoms with Crippen LogP contribution in [0.2, 0.25) is 0 Å². The summed E-state index contributed by atoms with van der Waals surface area (Å²) in [7, 11) is 0. The van der Waals surface area contributed by atoms with E-state index in [1.807, 2.05) is 32.6 Å². The summed E-state index contributed by atoms with van der Waals surface area (Å²) in [6.45, 7) is 8.74. The average molecular weight is 173 g/mol. The lowest BCUT2D eigenvalue weighted by Gasteiger charge is -2.30. The van der Waals surface area contributed by atoms with Gasteiger partial charge in [-0.3, -0.25) is 9.69 Å². The van der Waals surface area contributed by atoms with Crippen LogP contribution in [-0.4, -0.2) is 34.6 Å². The fraction of sp³-hybridized carbons (Fsp3) is 0.889. The molecule has 0 aliphatic rings. The van der Waals surface area contributed by atoms with Crippen LogP contribution in [0.15, 0.2) is 0 Å². The van der Waals surface area contributed by atoms with Crippen LogP contribution >= 0.6 is 0 Å². The van der Waals surface area contributed by atoms with Gasteiger partial charge in [-0.15, -0.1) is 0 Å². The monoisotopic (exact) mass is 173 g/mol. The van der Waals surface area contributed by atoms with Gasteiger partial charge in [-0.25, -0.2) is 0 Å². The van der Waals surface area contributed by atoms with E-state index < -0.39 is 5.97 Å². The predicted octanol–water partition coefficient (Wildman–Crippen LogP) is 1.58. The molecule has 1 atom stereocenters. The van der Waals surface area contributed by atoms with Gasteiger partial charge in [0.15, 0.2) is 0 Å². The highest BCUT2D eigenvalue weighted by molar-refractivity contribution is 5.73. The zero-order valence-corrected chi connectivity index (χ0v) is 8.37. The number of hydrogen-bond donors (Lipinski definition) is 1. The van der Waals surface area contributed by atoms with Crippen LogP contribution in [-0.2, 0) is 4.79 Å². The molecule has 0 aliphatic heterocycles. The van der Waals surface area contributed by atoms with Crippen molar-refractivity contribution in [1.29, 1.82) is 0 Å². The lowest BCUT2D eigenvalue weighted by molar-refractivity contribution is -0.144. The highest BCUT2D eigenvalue weighted by Gasteiger charge is 2.23. The first-order valence-electron chi connectivity index (χ1n) is 4.53. The van der Waals surface area contributed by atoms with Gasteiger partial charge in [0.25, 0.3) is 0 Å². The van der Waals surface area contributed by atoms with Crippen molar-refractivity contribution in [2.24, 2.45) is 0 Å². The predicted molar refractivity (Wildman–Crippen MR) is 49.2 cm³/mol. The average Bonchev–Trinajstić information content (AvgIpc) is 1.98. The molecule has 0 aromatic carbocycles. The molecule has 12 heavy (non-hydrogen) atoms. The van der Waals surface area contributed by atoms with E-state index in [1.165, 1.54) is 0 Å². The fourth-order valence-electron chi connectivity index (χ4n) is 1.50. The smallest absolute Gasteiger partial charge is 0.320 e. The SMILES string of the molecule is CCC(C(=O)O)N(CC)C(C)C. The summed E-state index contributed by atoms with van der Waals surface area (Å²) in [6.07, 6.45) is 0.668. The number of hydrogen-bond acceptors (Lipinski definition) is 2. The van der Waals surface area contributed by atoms with E-state index in [1.54, 1.807) is 0 Å². The lowest BCUT2D eigenvalue weighted by atomic mass is 10.1. The molecule has 0 saturated heterocycles. The van der Waals surface area contributed by atoms with Crippen molar-refractivity contribution in [2.45, 2.75) is 46.2 Å². The van der Waals surface area contributed by atoms with Crippen LogP contribution in [0.4, 0.5) is 0 Å². The Morgan fingerprint density at radius 2 is 1.92 bits per heavy atom. The second kappa shape index (κ2) is 5.14. The minimum Gasteiger partial charge on any atom is -0.480 e. The van der Waals surface area contributed by atoms with E-state index in [9.17, 15) is 4.79 Å². The van der Waals surface area contributed by atoms with Crippen molar-refractivity contribution >= 4 is 5.97 Å². The molecular formula is C9H19NO2. The Kier molecular flexibility index (Phi) is 4.90. The molecule has 0 aliphatic carbocycles. The Morgan fingerprint density at radius 3 is 2.00 bits per heavy atom. The van der Waals surface area contributed by atoms with Gasteiger partial charge in [0.1, 0.15) is 6.04 Å². The third-order valence-electron chi connectivity index (χ3n) is 2.10. The maximum atomic E-state index is 10.8. The summed E-state index contributed by atoms with van der Waals surface area (Å²) >= 11 is 0. The van der Waals surface area contributed by atoms with E-state index in [0.29, 0.717) is 12.5 Å². The van der Waals surface area contributed by atoms with Crippen molar-refractivity contribution < 1.29 is 9.90 Å². The molecule has 3 nitrogen and oxygen atoms in total. The Bertz CT molecular complexity index is 145. The molecule has 0 heterocycles. The molecule has 0 saturated carbocycles. The lowest BCUT2D eigenvalue weighted by Crippen LogP contribution is -2.44. The minimum absolute atomic E-state index is 0.302. The quantitative estimate of drug-likeness (QED) is 0.686. The fourth-order valence-corrected chi connectivity index (χ4v) is 1.50. The highest BCUT2D eigenvalue weighted by atomic mass is 16.4. The largest absolute Gasteiger partial charge is 0.480 e.